The van der Waals surface area contributed by atoms with Gasteiger partial charge in [0.05, 0.1) is 31.4 Å². The van der Waals surface area contributed by atoms with Gasteiger partial charge in [-0.15, -0.1) is 0 Å². The molecule has 5 rings (SSSR count). The van der Waals surface area contributed by atoms with Gasteiger partial charge in [-0.1, -0.05) is 6.07 Å². The van der Waals surface area contributed by atoms with E-state index >= 15 is 0 Å². The van der Waals surface area contributed by atoms with Crippen molar-refractivity contribution in [1.29, 1.82) is 0 Å². The van der Waals surface area contributed by atoms with E-state index < -0.39 is 17.2 Å². The molecule has 0 bridgehead atoms. The van der Waals surface area contributed by atoms with Crippen LogP contribution in [-0.2, 0) is 24.1 Å². The molecule has 39 heavy (non-hydrogen) atoms. The van der Waals surface area contributed by atoms with Crippen LogP contribution in [0.25, 0.3) is 11.3 Å². The van der Waals surface area contributed by atoms with Crippen LogP contribution in [0, 0.1) is 11.6 Å². The predicted molar refractivity (Wildman–Crippen MR) is 143 cm³/mol. The predicted octanol–water partition coefficient (Wildman–Crippen LogP) is 5.31. The number of ether oxygens (including phenoxy) is 2. The number of carbonyl (C=O) groups is 1. The minimum atomic E-state index is -0.633. The molecule has 2 aromatic heterocycles. The number of hydrogen-bond donors (Lipinski definition) is 0. The Morgan fingerprint density at radius 2 is 1.92 bits per heavy atom. The van der Waals surface area contributed by atoms with Gasteiger partial charge < -0.3 is 19.3 Å². The highest BCUT2D eigenvalue weighted by atomic mass is 19.1. The second kappa shape index (κ2) is 10.4. The molecule has 8 nitrogen and oxygen atoms in total. The lowest BCUT2D eigenvalue weighted by Gasteiger charge is -2.34. The zero-order chi connectivity index (χ0) is 27.9. The first-order chi connectivity index (χ1) is 18.5. The van der Waals surface area contributed by atoms with E-state index in [0.29, 0.717) is 49.7 Å². The second-order valence-corrected chi connectivity index (χ2v) is 11.2. The van der Waals surface area contributed by atoms with Gasteiger partial charge >= 0.3 is 6.09 Å². The van der Waals surface area contributed by atoms with Crippen molar-refractivity contribution in [3.05, 3.63) is 64.9 Å². The summed E-state index contributed by atoms with van der Waals surface area (Å²) in [7, 11) is 0. The molecule has 0 saturated carbocycles. The van der Waals surface area contributed by atoms with Gasteiger partial charge in [0.2, 0.25) is 0 Å². The van der Waals surface area contributed by atoms with Crippen molar-refractivity contribution >= 4 is 11.8 Å². The quantitative estimate of drug-likeness (QED) is 0.446. The minimum absolute atomic E-state index is 0.0296. The van der Waals surface area contributed by atoms with Crippen molar-refractivity contribution in [1.82, 2.24) is 19.9 Å². The number of amides is 1. The van der Waals surface area contributed by atoms with Gasteiger partial charge in [-0.3, -0.25) is 4.98 Å². The van der Waals surface area contributed by atoms with Gasteiger partial charge in [0.25, 0.3) is 0 Å². The molecule has 0 unspecified atom stereocenters. The molecule has 2 aliphatic rings. The third-order valence-electron chi connectivity index (χ3n) is 6.70. The molecule has 0 spiro atoms. The maximum atomic E-state index is 15.0. The third kappa shape index (κ3) is 5.79. The standard InChI is InChI=1S/C29H33F2N5O3/c1-17(2)36-10-11-38-27-21(30)12-19(13-24(27)36)26-22(31)15-32-25(34-26)14-20-7-6-18-16-35(9-8-23(18)33-20)28(37)39-29(3,4)5/h6-7,12-13,15,17H,8-11,14,16H2,1-5H3. The summed E-state index contributed by atoms with van der Waals surface area (Å²) in [5.74, 6) is -0.632. The van der Waals surface area contributed by atoms with Crippen LogP contribution in [0.5, 0.6) is 5.75 Å². The van der Waals surface area contributed by atoms with Gasteiger partial charge in [-0.2, -0.15) is 0 Å². The Kier molecular flexibility index (Phi) is 7.13. The maximum absolute atomic E-state index is 15.0. The van der Waals surface area contributed by atoms with E-state index in [1.165, 1.54) is 6.07 Å². The summed E-state index contributed by atoms with van der Waals surface area (Å²) < 4.78 is 40.9. The molecule has 0 N–H and O–H groups in total. The number of rotatable bonds is 4. The van der Waals surface area contributed by atoms with Crippen molar-refractivity contribution in [3.63, 3.8) is 0 Å². The average Bonchev–Trinajstić information content (AvgIpc) is 2.88. The summed E-state index contributed by atoms with van der Waals surface area (Å²) in [6.07, 6.45) is 1.65. The smallest absolute Gasteiger partial charge is 0.410 e. The fraction of sp³-hybridized carbons (Fsp3) is 0.448. The Morgan fingerprint density at radius 1 is 1.13 bits per heavy atom. The third-order valence-corrected chi connectivity index (χ3v) is 6.70. The number of carbonyl (C=O) groups excluding carboxylic acids is 1. The van der Waals surface area contributed by atoms with E-state index in [1.54, 1.807) is 11.0 Å². The van der Waals surface area contributed by atoms with Crippen LogP contribution in [0.3, 0.4) is 0 Å². The summed E-state index contributed by atoms with van der Waals surface area (Å²) in [5, 5.41) is 0. The number of nitrogens with zero attached hydrogens (tertiary/aromatic N) is 5. The molecule has 0 atom stereocenters. The molecule has 0 saturated heterocycles. The van der Waals surface area contributed by atoms with Gasteiger partial charge in [-0.25, -0.2) is 23.5 Å². The molecule has 206 valence electrons. The Morgan fingerprint density at radius 3 is 2.67 bits per heavy atom. The molecule has 1 amide bonds. The number of fused-ring (bicyclic) bond motifs is 2. The molecule has 0 fully saturated rings. The normalized spacial score (nSPS) is 15.1. The van der Waals surface area contributed by atoms with E-state index in [2.05, 4.69) is 9.97 Å². The summed E-state index contributed by atoms with van der Waals surface area (Å²) in [6, 6.07) is 6.91. The lowest BCUT2D eigenvalue weighted by atomic mass is 10.0. The monoisotopic (exact) mass is 537 g/mol. The van der Waals surface area contributed by atoms with Crippen LogP contribution in [-0.4, -0.2) is 57.3 Å². The lowest BCUT2D eigenvalue weighted by molar-refractivity contribution is 0.0222. The Balaban J connectivity index is 1.37. The minimum Gasteiger partial charge on any atom is -0.486 e. The van der Waals surface area contributed by atoms with Crippen LogP contribution < -0.4 is 9.64 Å². The Hall–Kier alpha value is -3.82. The average molecular weight is 538 g/mol. The van der Waals surface area contributed by atoms with Crippen LogP contribution in [0.4, 0.5) is 19.3 Å². The van der Waals surface area contributed by atoms with E-state index in [1.807, 2.05) is 51.7 Å². The SMILES string of the molecule is CC(C)N1CCOc2c(F)cc(-c3nc(Cc4ccc5c(n4)CCN(C(=O)OC(C)(C)C)C5)ncc3F)cc21. The van der Waals surface area contributed by atoms with E-state index in [-0.39, 0.29) is 30.0 Å². The van der Waals surface area contributed by atoms with Crippen LogP contribution in [0.2, 0.25) is 0 Å². The van der Waals surface area contributed by atoms with Crippen LogP contribution >= 0.6 is 0 Å². The van der Waals surface area contributed by atoms with E-state index in [4.69, 9.17) is 14.5 Å². The fourth-order valence-electron chi connectivity index (χ4n) is 4.87. The summed E-state index contributed by atoms with van der Waals surface area (Å²) >= 11 is 0. The maximum Gasteiger partial charge on any atom is 0.410 e. The molecule has 3 aromatic rings. The number of benzene rings is 1. The summed E-state index contributed by atoms with van der Waals surface area (Å²) in [5.41, 5.74) is 2.97. The highest BCUT2D eigenvalue weighted by Gasteiger charge is 2.27. The second-order valence-electron chi connectivity index (χ2n) is 11.2. The largest absolute Gasteiger partial charge is 0.486 e. The first-order valence-corrected chi connectivity index (χ1v) is 13.2. The summed E-state index contributed by atoms with van der Waals surface area (Å²) in [4.78, 5) is 29.6. The highest BCUT2D eigenvalue weighted by molar-refractivity contribution is 5.72. The molecule has 0 radical (unpaired) electrons. The van der Waals surface area contributed by atoms with Crippen molar-refractivity contribution in [2.45, 2.75) is 65.6 Å². The first-order valence-electron chi connectivity index (χ1n) is 13.2. The molecule has 1 aromatic carbocycles. The van der Waals surface area contributed by atoms with Crippen molar-refractivity contribution < 1.29 is 23.0 Å². The molecular formula is C29H33F2N5O3. The highest BCUT2D eigenvalue weighted by Crippen LogP contribution is 2.39. The fourth-order valence-corrected chi connectivity index (χ4v) is 4.87. The topological polar surface area (TPSA) is 80.7 Å². The van der Waals surface area contributed by atoms with Gasteiger partial charge in [0.15, 0.2) is 17.4 Å². The number of anilines is 1. The van der Waals surface area contributed by atoms with Crippen molar-refractivity contribution in [2.24, 2.45) is 0 Å². The Labute approximate surface area is 227 Å². The van der Waals surface area contributed by atoms with Gasteiger partial charge in [-0.05, 0) is 58.4 Å². The summed E-state index contributed by atoms with van der Waals surface area (Å²) in [6.45, 7) is 11.5. The number of halogens is 2. The molecule has 0 aliphatic carbocycles. The zero-order valence-corrected chi connectivity index (χ0v) is 22.9. The number of hydrogen-bond acceptors (Lipinski definition) is 7. The van der Waals surface area contributed by atoms with E-state index in [0.717, 1.165) is 23.1 Å². The first kappa shape index (κ1) is 26.8. The van der Waals surface area contributed by atoms with Crippen LogP contribution in [0.15, 0.2) is 30.5 Å². The zero-order valence-electron chi connectivity index (χ0n) is 22.9. The Bertz CT molecular complexity index is 1410. The van der Waals surface area contributed by atoms with Crippen molar-refractivity contribution in [3.8, 4) is 17.0 Å². The molecule has 10 heteroatoms. The molecule has 4 heterocycles. The van der Waals surface area contributed by atoms with Crippen molar-refractivity contribution in [2.75, 3.05) is 24.6 Å². The molecular weight excluding hydrogens is 504 g/mol. The number of aromatic nitrogens is 3. The lowest BCUT2D eigenvalue weighted by Crippen LogP contribution is -2.40. The van der Waals surface area contributed by atoms with E-state index in [9.17, 15) is 13.6 Å². The van der Waals surface area contributed by atoms with Gasteiger partial charge in [0, 0.05) is 36.0 Å². The molecule has 2 aliphatic heterocycles. The number of pyridine rings is 1. The van der Waals surface area contributed by atoms with Gasteiger partial charge in [0.1, 0.15) is 23.7 Å². The van der Waals surface area contributed by atoms with Crippen LogP contribution in [0.1, 0.15) is 57.4 Å².